The highest BCUT2D eigenvalue weighted by Crippen LogP contribution is 1.99. The Labute approximate surface area is 76.5 Å². The molecule has 0 aliphatic carbocycles. The lowest BCUT2D eigenvalue weighted by Crippen LogP contribution is -2.11. The summed E-state index contributed by atoms with van der Waals surface area (Å²) in [4.78, 5) is 15.0. The van der Waals surface area contributed by atoms with Crippen LogP contribution in [0.15, 0.2) is 36.2 Å². The summed E-state index contributed by atoms with van der Waals surface area (Å²) in [6.07, 6.45) is 2.92. The van der Waals surface area contributed by atoms with Gasteiger partial charge in [0.05, 0.1) is 0 Å². The molecule has 0 saturated carbocycles. The molecule has 0 fully saturated rings. The van der Waals surface area contributed by atoms with Crippen LogP contribution in [-0.2, 0) is 4.79 Å². The van der Waals surface area contributed by atoms with E-state index in [-0.39, 0.29) is 5.91 Å². The van der Waals surface area contributed by atoms with Gasteiger partial charge in [-0.3, -0.25) is 4.79 Å². The molecular weight excluding hydrogens is 166 g/mol. The van der Waals surface area contributed by atoms with E-state index in [0.717, 1.165) is 0 Å². The van der Waals surface area contributed by atoms with Gasteiger partial charge in [-0.15, -0.1) is 0 Å². The molecule has 0 atom stereocenters. The van der Waals surface area contributed by atoms with Crippen LogP contribution in [0, 0.1) is 0 Å². The number of amides is 1. The van der Waals surface area contributed by atoms with Gasteiger partial charge in [0.2, 0.25) is 0 Å². The van der Waals surface area contributed by atoms with Crippen molar-refractivity contribution in [3.63, 3.8) is 0 Å². The number of hydrogen-bond donors (Lipinski definition) is 2. The van der Waals surface area contributed by atoms with Crippen molar-refractivity contribution in [2.45, 2.75) is 6.92 Å². The molecule has 0 saturated heterocycles. The predicted octanol–water partition coefficient (Wildman–Crippen LogP) is 0.883. The number of nitrogens with one attached hydrogen (secondary N) is 1. The Morgan fingerprint density at radius 1 is 1.62 bits per heavy atom. The average molecular weight is 177 g/mol. The molecule has 1 heterocycles. The number of allylic oxidation sites excluding steroid dienone is 1. The van der Waals surface area contributed by atoms with Gasteiger partial charge in [0.1, 0.15) is 5.82 Å². The molecule has 1 amide bonds. The lowest BCUT2D eigenvalue weighted by Gasteiger charge is -1.99. The van der Waals surface area contributed by atoms with Crippen molar-refractivity contribution in [2.75, 3.05) is 5.32 Å². The van der Waals surface area contributed by atoms with Gasteiger partial charge in [-0.2, -0.15) is 0 Å². The highest BCUT2D eigenvalue weighted by atomic mass is 16.1. The maximum atomic E-state index is 11.1. The number of pyridine rings is 1. The summed E-state index contributed by atoms with van der Waals surface area (Å²) in [6, 6.07) is 5.28. The predicted molar refractivity (Wildman–Crippen MR) is 50.8 cm³/mol. The minimum Gasteiger partial charge on any atom is -0.402 e. The Balaban J connectivity index is 2.61. The van der Waals surface area contributed by atoms with Crippen LogP contribution < -0.4 is 11.1 Å². The summed E-state index contributed by atoms with van der Waals surface area (Å²) in [6.45, 7) is 1.65. The first kappa shape index (κ1) is 9.25. The van der Waals surface area contributed by atoms with Crippen LogP contribution in [0.25, 0.3) is 0 Å². The van der Waals surface area contributed by atoms with E-state index in [0.29, 0.717) is 11.5 Å². The number of aromatic nitrogens is 1. The van der Waals surface area contributed by atoms with Crippen LogP contribution in [0.2, 0.25) is 0 Å². The minimum absolute atomic E-state index is 0.265. The third kappa shape index (κ3) is 3.37. The molecule has 0 radical (unpaired) electrons. The Morgan fingerprint density at radius 3 is 2.92 bits per heavy atom. The molecule has 13 heavy (non-hydrogen) atoms. The molecule has 1 aromatic heterocycles. The van der Waals surface area contributed by atoms with E-state index in [1.54, 1.807) is 31.3 Å². The normalized spacial score (nSPS) is 11.0. The van der Waals surface area contributed by atoms with Crippen LogP contribution in [0.3, 0.4) is 0 Å². The Kier molecular flexibility index (Phi) is 3.03. The smallest absolute Gasteiger partial charge is 0.251 e. The lowest BCUT2D eigenvalue weighted by atomic mass is 10.4. The molecule has 0 bridgehead atoms. The molecule has 0 aromatic carbocycles. The van der Waals surface area contributed by atoms with Crippen LogP contribution in [-0.4, -0.2) is 10.9 Å². The third-order valence-corrected chi connectivity index (χ3v) is 1.27. The maximum absolute atomic E-state index is 11.1. The summed E-state index contributed by atoms with van der Waals surface area (Å²) in [5.74, 6) is 0.253. The van der Waals surface area contributed by atoms with Gasteiger partial charge in [0, 0.05) is 18.0 Å². The number of anilines is 1. The van der Waals surface area contributed by atoms with E-state index in [1.165, 1.54) is 6.08 Å². The van der Waals surface area contributed by atoms with Gasteiger partial charge >= 0.3 is 0 Å². The number of carbonyl (C=O) groups is 1. The van der Waals surface area contributed by atoms with Crippen molar-refractivity contribution in [2.24, 2.45) is 5.73 Å². The molecule has 1 aromatic rings. The molecule has 0 unspecified atom stereocenters. The van der Waals surface area contributed by atoms with E-state index in [1.807, 2.05) is 0 Å². The van der Waals surface area contributed by atoms with E-state index >= 15 is 0 Å². The molecule has 1 rings (SSSR count). The Hall–Kier alpha value is -1.84. The quantitative estimate of drug-likeness (QED) is 0.659. The summed E-state index contributed by atoms with van der Waals surface area (Å²) in [5.41, 5.74) is 5.79. The zero-order chi connectivity index (χ0) is 9.68. The van der Waals surface area contributed by atoms with Crippen molar-refractivity contribution >= 4 is 11.7 Å². The van der Waals surface area contributed by atoms with Crippen LogP contribution in [0.1, 0.15) is 6.92 Å². The molecule has 4 heteroatoms. The Bertz CT molecular complexity index is 315. The van der Waals surface area contributed by atoms with Crippen molar-refractivity contribution in [3.05, 3.63) is 36.2 Å². The first-order chi connectivity index (χ1) is 6.18. The summed E-state index contributed by atoms with van der Waals surface area (Å²) < 4.78 is 0. The summed E-state index contributed by atoms with van der Waals surface area (Å²) >= 11 is 0. The van der Waals surface area contributed by atoms with Gasteiger partial charge in [-0.1, -0.05) is 6.07 Å². The molecule has 3 N–H and O–H groups in total. The average Bonchev–Trinajstić information content (AvgIpc) is 2.04. The monoisotopic (exact) mass is 177 g/mol. The summed E-state index contributed by atoms with van der Waals surface area (Å²) in [5, 5.41) is 2.57. The first-order valence-corrected chi connectivity index (χ1v) is 3.84. The number of rotatable bonds is 2. The van der Waals surface area contributed by atoms with Crippen LogP contribution in [0.4, 0.5) is 5.82 Å². The standard InChI is InChI=1S/C9H11N3O/c1-7(10)6-9(13)12-8-4-2-3-5-11-8/h2-6H,10H2,1H3,(H,11,12,13)/b7-6+. The van der Waals surface area contributed by atoms with Gasteiger partial charge in [0.25, 0.3) is 5.91 Å². The molecule has 0 aliphatic heterocycles. The highest BCUT2D eigenvalue weighted by Gasteiger charge is 1.97. The van der Waals surface area contributed by atoms with Crippen molar-refractivity contribution in [1.82, 2.24) is 4.98 Å². The molecular formula is C9H11N3O. The fraction of sp³-hybridized carbons (Fsp3) is 0.111. The van der Waals surface area contributed by atoms with E-state index in [9.17, 15) is 4.79 Å². The fourth-order valence-corrected chi connectivity index (χ4v) is 0.806. The molecule has 4 nitrogen and oxygen atoms in total. The first-order valence-electron chi connectivity index (χ1n) is 3.84. The van der Waals surface area contributed by atoms with Gasteiger partial charge in [-0.05, 0) is 19.1 Å². The Morgan fingerprint density at radius 2 is 2.38 bits per heavy atom. The largest absolute Gasteiger partial charge is 0.402 e. The lowest BCUT2D eigenvalue weighted by molar-refractivity contribution is -0.112. The van der Waals surface area contributed by atoms with E-state index in [4.69, 9.17) is 5.73 Å². The SMILES string of the molecule is C/C(N)=C\C(=O)Nc1ccccn1. The fourth-order valence-electron chi connectivity index (χ4n) is 0.806. The van der Waals surface area contributed by atoms with Crippen molar-refractivity contribution < 1.29 is 4.79 Å². The van der Waals surface area contributed by atoms with Gasteiger partial charge < -0.3 is 11.1 Å². The second-order valence-electron chi connectivity index (χ2n) is 2.59. The maximum Gasteiger partial charge on any atom is 0.251 e. The van der Waals surface area contributed by atoms with Crippen molar-refractivity contribution in [1.29, 1.82) is 0 Å². The molecule has 0 spiro atoms. The van der Waals surface area contributed by atoms with Crippen LogP contribution >= 0.6 is 0 Å². The van der Waals surface area contributed by atoms with Crippen molar-refractivity contribution in [3.8, 4) is 0 Å². The van der Waals surface area contributed by atoms with Gasteiger partial charge in [-0.25, -0.2) is 4.98 Å². The minimum atomic E-state index is -0.265. The second-order valence-corrected chi connectivity index (χ2v) is 2.59. The highest BCUT2D eigenvalue weighted by molar-refractivity contribution is 5.98. The summed E-state index contributed by atoms with van der Waals surface area (Å²) in [7, 11) is 0. The topological polar surface area (TPSA) is 68.0 Å². The van der Waals surface area contributed by atoms with E-state index in [2.05, 4.69) is 10.3 Å². The van der Waals surface area contributed by atoms with Gasteiger partial charge in [0.15, 0.2) is 0 Å². The molecule has 0 aliphatic rings. The third-order valence-electron chi connectivity index (χ3n) is 1.27. The zero-order valence-electron chi connectivity index (χ0n) is 7.32. The number of hydrogen-bond acceptors (Lipinski definition) is 3. The van der Waals surface area contributed by atoms with Crippen LogP contribution in [0.5, 0.6) is 0 Å². The van der Waals surface area contributed by atoms with E-state index < -0.39 is 0 Å². The number of nitrogens with two attached hydrogens (primary N) is 1. The second kappa shape index (κ2) is 4.25. The molecule has 68 valence electrons. The number of carbonyl (C=O) groups excluding carboxylic acids is 1. The number of nitrogens with zero attached hydrogens (tertiary/aromatic N) is 1. The zero-order valence-corrected chi connectivity index (χ0v) is 7.32.